The van der Waals surface area contributed by atoms with Crippen LogP contribution in [-0.2, 0) is 25.5 Å². The van der Waals surface area contributed by atoms with Gasteiger partial charge in [0.2, 0.25) is 11.8 Å². The van der Waals surface area contributed by atoms with Crippen LogP contribution in [0, 0.1) is 0 Å². The smallest absolute Gasteiger partial charge is 0.246 e. The molecule has 1 aromatic rings. The summed E-state index contributed by atoms with van der Waals surface area (Å²) in [5, 5.41) is 2.56. The van der Waals surface area contributed by atoms with Gasteiger partial charge >= 0.3 is 0 Å². The standard InChI is InChI=1S/C15H22N2O5/c1-20-7-8-22-10-14(18)17-13(15(16)19)9-11-3-5-12(21-2)6-4-11/h3-6,13H,7-10H2,1-2H3,(H2,16,19)(H,17,18)/t13-/m0/s1. The third-order valence-corrected chi connectivity index (χ3v) is 2.94. The SMILES string of the molecule is COCCOCC(=O)N[C@@H](Cc1ccc(OC)cc1)C(N)=O. The minimum atomic E-state index is -0.785. The lowest BCUT2D eigenvalue weighted by Crippen LogP contribution is -2.47. The molecule has 0 spiro atoms. The first kappa shape index (κ1) is 17.9. The number of ether oxygens (including phenoxy) is 3. The molecule has 0 aliphatic carbocycles. The van der Waals surface area contributed by atoms with Crippen molar-refractivity contribution >= 4 is 11.8 Å². The molecule has 1 rings (SSSR count). The largest absolute Gasteiger partial charge is 0.497 e. The molecule has 0 fully saturated rings. The highest BCUT2D eigenvalue weighted by Crippen LogP contribution is 2.12. The molecule has 22 heavy (non-hydrogen) atoms. The Morgan fingerprint density at radius 3 is 2.41 bits per heavy atom. The zero-order valence-corrected chi connectivity index (χ0v) is 12.8. The molecule has 0 saturated heterocycles. The number of methoxy groups -OCH3 is 2. The van der Waals surface area contributed by atoms with E-state index in [0.717, 1.165) is 11.3 Å². The average Bonchev–Trinajstić information content (AvgIpc) is 2.51. The van der Waals surface area contributed by atoms with Crippen LogP contribution in [0.15, 0.2) is 24.3 Å². The third kappa shape index (κ3) is 6.55. The van der Waals surface area contributed by atoms with Crippen molar-refractivity contribution in [1.82, 2.24) is 5.32 Å². The van der Waals surface area contributed by atoms with Crippen LogP contribution in [0.3, 0.4) is 0 Å². The molecule has 122 valence electrons. The van der Waals surface area contributed by atoms with Crippen molar-refractivity contribution in [2.24, 2.45) is 5.73 Å². The molecule has 0 unspecified atom stereocenters. The van der Waals surface area contributed by atoms with Crippen molar-refractivity contribution in [3.63, 3.8) is 0 Å². The predicted octanol–water partition coefficient (Wildman–Crippen LogP) is -0.129. The molecule has 2 amide bonds. The Morgan fingerprint density at radius 2 is 1.86 bits per heavy atom. The number of nitrogens with two attached hydrogens (primary N) is 1. The fraction of sp³-hybridized carbons (Fsp3) is 0.467. The van der Waals surface area contributed by atoms with Gasteiger partial charge in [-0.25, -0.2) is 0 Å². The molecule has 7 nitrogen and oxygen atoms in total. The average molecular weight is 310 g/mol. The van der Waals surface area contributed by atoms with Gasteiger partial charge in [-0.1, -0.05) is 12.1 Å². The first-order valence-corrected chi connectivity index (χ1v) is 6.85. The van der Waals surface area contributed by atoms with Gasteiger partial charge in [-0.05, 0) is 17.7 Å². The zero-order chi connectivity index (χ0) is 16.4. The molecule has 1 atom stereocenters. The molecular formula is C15H22N2O5. The van der Waals surface area contributed by atoms with E-state index < -0.39 is 17.9 Å². The van der Waals surface area contributed by atoms with Crippen molar-refractivity contribution in [1.29, 1.82) is 0 Å². The summed E-state index contributed by atoms with van der Waals surface area (Å²) in [4.78, 5) is 23.2. The number of hydrogen-bond donors (Lipinski definition) is 2. The maximum atomic E-state index is 11.7. The van der Waals surface area contributed by atoms with Crippen LogP contribution in [0.5, 0.6) is 5.75 Å². The highest BCUT2D eigenvalue weighted by molar-refractivity contribution is 5.87. The molecule has 0 saturated carbocycles. The summed E-state index contributed by atoms with van der Waals surface area (Å²) >= 11 is 0. The summed E-state index contributed by atoms with van der Waals surface area (Å²) in [7, 11) is 3.12. The normalized spacial score (nSPS) is 11.7. The Morgan fingerprint density at radius 1 is 1.18 bits per heavy atom. The summed E-state index contributed by atoms with van der Waals surface area (Å²) in [5.74, 6) is -0.274. The van der Waals surface area contributed by atoms with E-state index in [4.69, 9.17) is 19.9 Å². The van der Waals surface area contributed by atoms with E-state index in [1.54, 1.807) is 26.4 Å². The second-order valence-corrected chi connectivity index (χ2v) is 4.62. The lowest BCUT2D eigenvalue weighted by Gasteiger charge is -2.16. The summed E-state index contributed by atoms with van der Waals surface area (Å²) in [6, 6.07) is 6.41. The minimum Gasteiger partial charge on any atom is -0.497 e. The summed E-state index contributed by atoms with van der Waals surface area (Å²) in [6.45, 7) is 0.567. The molecule has 0 radical (unpaired) electrons. The van der Waals surface area contributed by atoms with Crippen molar-refractivity contribution in [3.8, 4) is 5.75 Å². The van der Waals surface area contributed by atoms with Gasteiger partial charge in [-0.3, -0.25) is 9.59 Å². The number of hydrogen-bond acceptors (Lipinski definition) is 5. The number of benzene rings is 1. The molecule has 0 aliphatic rings. The fourth-order valence-corrected chi connectivity index (χ4v) is 1.76. The maximum Gasteiger partial charge on any atom is 0.246 e. The van der Waals surface area contributed by atoms with Gasteiger partial charge in [-0.2, -0.15) is 0 Å². The van der Waals surface area contributed by atoms with Gasteiger partial charge in [0, 0.05) is 13.5 Å². The van der Waals surface area contributed by atoms with Crippen LogP contribution in [0.1, 0.15) is 5.56 Å². The quantitative estimate of drug-likeness (QED) is 0.586. The van der Waals surface area contributed by atoms with Gasteiger partial charge in [0.1, 0.15) is 18.4 Å². The summed E-state index contributed by atoms with van der Waals surface area (Å²) in [5.41, 5.74) is 6.19. The van der Waals surface area contributed by atoms with Crippen LogP contribution in [0.4, 0.5) is 0 Å². The molecular weight excluding hydrogens is 288 g/mol. The zero-order valence-electron chi connectivity index (χ0n) is 12.8. The van der Waals surface area contributed by atoms with Gasteiger partial charge in [0.15, 0.2) is 0 Å². The number of carbonyl (C=O) groups excluding carboxylic acids is 2. The van der Waals surface area contributed by atoms with Crippen LogP contribution in [0.2, 0.25) is 0 Å². The second-order valence-electron chi connectivity index (χ2n) is 4.62. The lowest BCUT2D eigenvalue weighted by molar-refractivity contribution is -0.130. The van der Waals surface area contributed by atoms with Crippen LogP contribution < -0.4 is 15.8 Å². The van der Waals surface area contributed by atoms with E-state index >= 15 is 0 Å². The maximum absolute atomic E-state index is 11.7. The van der Waals surface area contributed by atoms with Crippen LogP contribution in [-0.4, -0.2) is 51.9 Å². The Bertz CT molecular complexity index is 475. The first-order valence-electron chi connectivity index (χ1n) is 6.85. The molecule has 0 heterocycles. The van der Waals surface area contributed by atoms with Crippen molar-refractivity contribution < 1.29 is 23.8 Å². The molecule has 3 N–H and O–H groups in total. The Kier molecular flexibility index (Phi) is 7.95. The van der Waals surface area contributed by atoms with Gasteiger partial charge < -0.3 is 25.3 Å². The lowest BCUT2D eigenvalue weighted by atomic mass is 10.1. The van der Waals surface area contributed by atoms with Crippen molar-refractivity contribution in [3.05, 3.63) is 29.8 Å². The summed E-state index contributed by atoms with van der Waals surface area (Å²) < 4.78 is 15.0. The molecule has 0 aliphatic heterocycles. The van der Waals surface area contributed by atoms with E-state index in [-0.39, 0.29) is 6.61 Å². The minimum absolute atomic E-state index is 0.143. The Labute approximate surface area is 129 Å². The molecule has 0 bridgehead atoms. The highest BCUT2D eigenvalue weighted by Gasteiger charge is 2.18. The third-order valence-electron chi connectivity index (χ3n) is 2.94. The fourth-order valence-electron chi connectivity index (χ4n) is 1.76. The van der Waals surface area contributed by atoms with Crippen molar-refractivity contribution in [2.75, 3.05) is 34.0 Å². The first-order chi connectivity index (χ1) is 10.6. The Hall–Kier alpha value is -2.12. The molecule has 1 aromatic carbocycles. The monoisotopic (exact) mass is 310 g/mol. The molecule has 7 heteroatoms. The topological polar surface area (TPSA) is 99.9 Å². The number of rotatable bonds is 10. The Balaban J connectivity index is 2.50. The van der Waals surface area contributed by atoms with Crippen LogP contribution in [0.25, 0.3) is 0 Å². The van der Waals surface area contributed by atoms with E-state index in [9.17, 15) is 9.59 Å². The number of nitrogens with one attached hydrogen (secondary N) is 1. The van der Waals surface area contributed by atoms with Gasteiger partial charge in [0.05, 0.1) is 20.3 Å². The second kappa shape index (κ2) is 9.75. The van der Waals surface area contributed by atoms with E-state index in [1.165, 1.54) is 0 Å². The molecule has 0 aromatic heterocycles. The van der Waals surface area contributed by atoms with Crippen LogP contribution >= 0.6 is 0 Å². The van der Waals surface area contributed by atoms with E-state index in [2.05, 4.69) is 5.32 Å². The predicted molar refractivity (Wildman–Crippen MR) is 80.5 cm³/mol. The van der Waals surface area contributed by atoms with Gasteiger partial charge in [-0.15, -0.1) is 0 Å². The highest BCUT2D eigenvalue weighted by atomic mass is 16.5. The summed E-state index contributed by atoms with van der Waals surface area (Å²) in [6.07, 6.45) is 0.309. The van der Waals surface area contributed by atoms with E-state index in [1.807, 2.05) is 12.1 Å². The van der Waals surface area contributed by atoms with Crippen molar-refractivity contribution in [2.45, 2.75) is 12.5 Å². The number of amides is 2. The number of primary amides is 1. The van der Waals surface area contributed by atoms with Gasteiger partial charge in [0.25, 0.3) is 0 Å². The van der Waals surface area contributed by atoms with E-state index in [0.29, 0.717) is 19.6 Å². The number of carbonyl (C=O) groups is 2.